The summed E-state index contributed by atoms with van der Waals surface area (Å²) in [7, 11) is 0. The van der Waals surface area contributed by atoms with Gasteiger partial charge in [-0.3, -0.25) is 17.8 Å². The van der Waals surface area contributed by atoms with Crippen LogP contribution < -0.4 is 9.62 Å². The van der Waals surface area contributed by atoms with Gasteiger partial charge in [0.15, 0.2) is 0 Å². The van der Waals surface area contributed by atoms with Crippen LogP contribution in [0.3, 0.4) is 0 Å². The number of carboxylic acid groups (broad SMARTS) is 1. The van der Waals surface area contributed by atoms with Crippen molar-refractivity contribution in [3.8, 4) is 0 Å². The van der Waals surface area contributed by atoms with Gasteiger partial charge in [0.05, 0.1) is 17.6 Å². The lowest BCUT2D eigenvalue weighted by atomic mass is 10.1. The number of carboxylic acids is 1. The van der Waals surface area contributed by atoms with Crippen LogP contribution >= 0.6 is 12.8 Å². The molecule has 36 heavy (non-hydrogen) atoms. The van der Waals surface area contributed by atoms with E-state index in [2.05, 4.69) is 23.1 Å². The molecule has 0 aliphatic heterocycles. The van der Waals surface area contributed by atoms with Crippen molar-refractivity contribution in [3.63, 3.8) is 0 Å². The van der Waals surface area contributed by atoms with Crippen LogP contribution in [0.25, 0.3) is 21.9 Å². The maximum Gasteiger partial charge on any atom is 0.331 e. The summed E-state index contributed by atoms with van der Waals surface area (Å²) in [4.78, 5) is 28.2. The largest absolute Gasteiger partial charge is 0.755 e. The molecule has 0 aliphatic rings. The van der Waals surface area contributed by atoms with Crippen molar-refractivity contribution in [2.45, 2.75) is 25.3 Å². The van der Waals surface area contributed by atoms with Crippen LogP contribution in [0.4, 0.5) is 16.2 Å². The van der Waals surface area contributed by atoms with Gasteiger partial charge in [-0.25, -0.2) is 9.59 Å². The van der Waals surface area contributed by atoms with Gasteiger partial charge >= 0.3 is 12.0 Å². The number of nitrogens with zero attached hydrogens (tertiary/aromatic N) is 3. The Balaban J connectivity index is 1.43. The Labute approximate surface area is 214 Å². The van der Waals surface area contributed by atoms with Gasteiger partial charge in [-0.15, -0.1) is 0 Å². The van der Waals surface area contributed by atoms with Gasteiger partial charge in [0.2, 0.25) is 0 Å². The first-order valence-corrected chi connectivity index (χ1v) is 12.5. The van der Waals surface area contributed by atoms with Crippen LogP contribution in [0, 0.1) is 0 Å². The molecular weight excluding hydrogens is 504 g/mol. The highest BCUT2D eigenvalue weighted by Crippen LogP contribution is 2.33. The first-order valence-electron chi connectivity index (χ1n) is 11.1. The summed E-state index contributed by atoms with van der Waals surface area (Å²) in [5.41, 5.74) is 1.96. The number of hydrogen-bond donors (Lipinski definition) is 3. The molecule has 4 aromatic rings. The number of thiol groups is 1. The maximum atomic E-state index is 12.2. The van der Waals surface area contributed by atoms with Crippen molar-refractivity contribution in [1.29, 1.82) is 0 Å². The van der Waals surface area contributed by atoms with Crippen molar-refractivity contribution in [1.82, 2.24) is 9.29 Å². The van der Waals surface area contributed by atoms with E-state index < -0.39 is 29.3 Å². The number of aromatic nitrogens is 1. The number of furan rings is 1. The molecule has 2 unspecified atom stereocenters. The minimum absolute atomic E-state index is 0.0410. The van der Waals surface area contributed by atoms with Gasteiger partial charge in [-0.1, -0.05) is 31.0 Å². The topological polar surface area (TPSA) is 139 Å². The lowest BCUT2D eigenvalue weighted by molar-refractivity contribution is -0.138. The van der Waals surface area contributed by atoms with E-state index >= 15 is 0 Å². The number of carbonyl (C=O) groups is 2. The summed E-state index contributed by atoms with van der Waals surface area (Å²) in [5, 5.41) is 14.0. The number of nitrogens with one attached hydrogen (secondary N) is 1. The van der Waals surface area contributed by atoms with Crippen LogP contribution in [0.15, 0.2) is 71.4 Å². The van der Waals surface area contributed by atoms with Gasteiger partial charge in [0, 0.05) is 34.8 Å². The molecule has 0 saturated heterocycles. The monoisotopic (exact) mass is 527 g/mol. The van der Waals surface area contributed by atoms with E-state index in [0.29, 0.717) is 35.1 Å². The van der Waals surface area contributed by atoms with E-state index in [0.717, 1.165) is 9.69 Å². The second kappa shape index (κ2) is 11.4. The normalized spacial score (nSPS) is 12.8. The van der Waals surface area contributed by atoms with Crippen molar-refractivity contribution in [2.75, 3.05) is 16.2 Å². The number of anilines is 2. The fraction of sp³-hybridized carbons (Fsp3) is 0.208. The zero-order chi connectivity index (χ0) is 25.7. The molecule has 0 fully saturated rings. The number of aliphatic carboxylic acids is 1. The summed E-state index contributed by atoms with van der Waals surface area (Å²) in [6.45, 7) is 0.231. The predicted octanol–water partition coefficient (Wildman–Crippen LogP) is 4.58. The SMILES string of the molecule is O=C(O)C(CCCCN(S)C(=O)Nc1cccnc1)N(c1ccc2oc3ccccc3c2c1)S(=O)[O-]. The number of carbonyl (C=O) groups excluding carboxylic acids is 1. The first-order chi connectivity index (χ1) is 17.3. The number of benzene rings is 2. The Hall–Kier alpha value is -3.61. The highest BCUT2D eigenvalue weighted by molar-refractivity contribution is 7.80. The molecule has 2 N–H and O–H groups in total. The van der Waals surface area contributed by atoms with E-state index in [9.17, 15) is 23.5 Å². The number of rotatable bonds is 10. The molecule has 12 heteroatoms. The second-order valence-electron chi connectivity index (χ2n) is 7.97. The van der Waals surface area contributed by atoms with E-state index in [4.69, 9.17) is 4.42 Å². The number of fused-ring (bicyclic) bond motifs is 3. The van der Waals surface area contributed by atoms with Crippen LogP contribution in [-0.4, -0.2) is 47.7 Å². The Bertz CT molecular complexity index is 1400. The molecule has 0 aliphatic carbocycles. The fourth-order valence-electron chi connectivity index (χ4n) is 3.89. The maximum absolute atomic E-state index is 12.2. The van der Waals surface area contributed by atoms with E-state index in [1.165, 1.54) is 16.6 Å². The summed E-state index contributed by atoms with van der Waals surface area (Å²) in [6.07, 6.45) is 3.88. The molecule has 2 aromatic heterocycles. The van der Waals surface area contributed by atoms with Crippen LogP contribution in [0.1, 0.15) is 19.3 Å². The molecule has 188 valence electrons. The number of para-hydroxylation sites is 1. The van der Waals surface area contributed by atoms with Crippen LogP contribution in [0.5, 0.6) is 0 Å². The predicted molar refractivity (Wildman–Crippen MR) is 139 cm³/mol. The molecule has 0 saturated carbocycles. The summed E-state index contributed by atoms with van der Waals surface area (Å²) in [6, 6.07) is 13.7. The average Bonchev–Trinajstić information content (AvgIpc) is 3.24. The molecule has 2 amide bonds. The van der Waals surface area contributed by atoms with E-state index in [-0.39, 0.29) is 18.7 Å². The molecule has 0 spiro atoms. The molecular formula is C24H23N4O6S2-. The Morgan fingerprint density at radius 3 is 2.61 bits per heavy atom. The Morgan fingerprint density at radius 2 is 1.89 bits per heavy atom. The Morgan fingerprint density at radius 1 is 1.11 bits per heavy atom. The standard InChI is InChI=1S/C24H24N4O6S2/c29-23(30)20(8-3-4-13-27(35)24(31)26-16-6-5-12-25-15-16)28(36(32)33)17-10-11-22-19(14-17)18-7-1-2-9-21(18)34-22/h1-2,5-7,9-12,14-15,20,35H,3-4,8,13H2,(H,26,31)(H,29,30)(H,32,33)/p-1. The first kappa shape index (κ1) is 25.5. The Kier molecular flexibility index (Phi) is 8.08. The highest BCUT2D eigenvalue weighted by Gasteiger charge is 2.27. The smallest absolute Gasteiger partial charge is 0.331 e. The highest BCUT2D eigenvalue weighted by atomic mass is 32.2. The van der Waals surface area contributed by atoms with Gasteiger partial charge in [0.1, 0.15) is 17.2 Å². The fourth-order valence-corrected chi connectivity index (χ4v) is 4.77. The van der Waals surface area contributed by atoms with Gasteiger partial charge in [-0.05, 0) is 55.7 Å². The van der Waals surface area contributed by atoms with Crippen molar-refractivity contribution >= 4 is 69.4 Å². The van der Waals surface area contributed by atoms with Gasteiger partial charge in [-0.2, -0.15) is 0 Å². The van der Waals surface area contributed by atoms with E-state index in [1.54, 1.807) is 36.5 Å². The molecule has 0 radical (unpaired) electrons. The summed E-state index contributed by atoms with van der Waals surface area (Å²) in [5.74, 6) is -1.27. The summed E-state index contributed by atoms with van der Waals surface area (Å²) < 4.78 is 32.1. The number of unbranched alkanes of at least 4 members (excludes halogenated alkanes) is 1. The molecule has 2 atom stereocenters. The van der Waals surface area contributed by atoms with Crippen molar-refractivity contribution in [3.05, 3.63) is 67.0 Å². The second-order valence-corrected chi connectivity index (χ2v) is 9.28. The molecule has 10 nitrogen and oxygen atoms in total. The van der Waals surface area contributed by atoms with Crippen LogP contribution in [-0.2, 0) is 16.1 Å². The van der Waals surface area contributed by atoms with Gasteiger partial charge in [0.25, 0.3) is 0 Å². The lowest BCUT2D eigenvalue weighted by Crippen LogP contribution is -2.42. The van der Waals surface area contributed by atoms with Gasteiger partial charge < -0.3 is 19.4 Å². The zero-order valence-electron chi connectivity index (χ0n) is 18.9. The molecule has 4 rings (SSSR count). The number of amides is 2. The minimum Gasteiger partial charge on any atom is -0.755 e. The zero-order valence-corrected chi connectivity index (χ0v) is 20.7. The molecule has 0 bridgehead atoms. The third-order valence-electron chi connectivity index (χ3n) is 5.59. The van der Waals surface area contributed by atoms with Crippen molar-refractivity contribution < 1.29 is 27.9 Å². The molecule has 2 aromatic carbocycles. The lowest BCUT2D eigenvalue weighted by Gasteiger charge is -2.32. The third-order valence-corrected chi connectivity index (χ3v) is 6.76. The average molecular weight is 528 g/mol. The summed E-state index contributed by atoms with van der Waals surface area (Å²) >= 11 is 1.34. The third kappa shape index (κ3) is 5.78. The number of pyridine rings is 1. The quantitative estimate of drug-likeness (QED) is 0.156. The van der Waals surface area contributed by atoms with E-state index in [1.807, 2.05) is 18.2 Å². The molecule has 2 heterocycles. The number of hydrogen-bond acceptors (Lipinski definition) is 7. The minimum atomic E-state index is -2.84. The van der Waals surface area contributed by atoms with Crippen LogP contribution in [0.2, 0.25) is 0 Å². The number of urea groups is 1. The van der Waals surface area contributed by atoms with Crippen molar-refractivity contribution in [2.24, 2.45) is 0 Å².